The molecule has 1 aliphatic heterocycles. The molecule has 1 aliphatic rings. The van der Waals surface area contributed by atoms with Crippen molar-refractivity contribution in [3.63, 3.8) is 0 Å². The van der Waals surface area contributed by atoms with Gasteiger partial charge in [-0.3, -0.25) is 0 Å². The number of aromatic nitrogens is 3. The summed E-state index contributed by atoms with van der Waals surface area (Å²) in [6.07, 6.45) is 6.39. The molecule has 0 atom stereocenters. The van der Waals surface area contributed by atoms with Gasteiger partial charge in [-0.2, -0.15) is 10.1 Å². The van der Waals surface area contributed by atoms with Crippen LogP contribution in [0.15, 0.2) is 24.4 Å². The maximum absolute atomic E-state index is 4.65. The van der Waals surface area contributed by atoms with Crippen LogP contribution in [0.3, 0.4) is 0 Å². The van der Waals surface area contributed by atoms with Crippen LogP contribution in [0.4, 0.5) is 17.5 Å². The molecule has 0 spiro atoms. The second-order valence-corrected chi connectivity index (χ2v) is 5.78. The van der Waals surface area contributed by atoms with Gasteiger partial charge in [-0.1, -0.05) is 25.1 Å². The predicted molar refractivity (Wildman–Crippen MR) is 89.7 cm³/mol. The van der Waals surface area contributed by atoms with Crippen molar-refractivity contribution in [3.8, 4) is 0 Å². The van der Waals surface area contributed by atoms with Crippen molar-refractivity contribution in [1.29, 1.82) is 0 Å². The zero-order chi connectivity index (χ0) is 15.4. The van der Waals surface area contributed by atoms with E-state index in [9.17, 15) is 0 Å². The van der Waals surface area contributed by atoms with Crippen molar-refractivity contribution in [2.45, 2.75) is 39.5 Å². The number of nitrogens with zero attached hydrogens (tertiary/aromatic N) is 4. The molecule has 3 rings (SSSR count). The molecule has 0 bridgehead atoms. The van der Waals surface area contributed by atoms with E-state index in [1.54, 1.807) is 6.20 Å². The molecule has 1 saturated heterocycles. The quantitative estimate of drug-likeness (QED) is 0.936. The van der Waals surface area contributed by atoms with Gasteiger partial charge in [0.2, 0.25) is 5.95 Å². The highest BCUT2D eigenvalue weighted by Crippen LogP contribution is 2.25. The first-order chi connectivity index (χ1) is 10.8. The molecule has 2 heterocycles. The van der Waals surface area contributed by atoms with Gasteiger partial charge in [0.05, 0.1) is 6.20 Å². The maximum atomic E-state index is 4.65. The number of rotatable bonds is 4. The Balaban J connectivity index is 1.84. The van der Waals surface area contributed by atoms with Gasteiger partial charge in [-0.25, -0.2) is 0 Å². The van der Waals surface area contributed by atoms with Gasteiger partial charge in [0.1, 0.15) is 0 Å². The molecule has 0 amide bonds. The van der Waals surface area contributed by atoms with E-state index in [4.69, 9.17) is 0 Å². The van der Waals surface area contributed by atoms with Crippen LogP contribution in [0.1, 0.15) is 37.3 Å². The van der Waals surface area contributed by atoms with E-state index >= 15 is 0 Å². The lowest BCUT2D eigenvalue weighted by Crippen LogP contribution is -2.31. The molecule has 0 unspecified atom stereocenters. The molecule has 2 aromatic rings. The summed E-state index contributed by atoms with van der Waals surface area (Å²) < 4.78 is 0. The first-order valence-corrected chi connectivity index (χ1v) is 8.08. The highest BCUT2D eigenvalue weighted by molar-refractivity contribution is 5.64. The molecule has 1 fully saturated rings. The van der Waals surface area contributed by atoms with Gasteiger partial charge in [-0.15, -0.1) is 5.10 Å². The first-order valence-electron chi connectivity index (χ1n) is 8.08. The van der Waals surface area contributed by atoms with Gasteiger partial charge < -0.3 is 10.2 Å². The minimum Gasteiger partial charge on any atom is -0.339 e. The fourth-order valence-electron chi connectivity index (χ4n) is 2.91. The standard InChI is InChI=1S/C17H23N5/c1-3-14-9-7-8-13(2)16(14)19-15-12-18-21-17(20-15)22-10-5-4-6-11-22/h7-9,12H,3-6,10-11H2,1-2H3,(H,19,20,21). The molecule has 0 radical (unpaired) electrons. The fourth-order valence-corrected chi connectivity index (χ4v) is 2.91. The van der Waals surface area contributed by atoms with Crippen LogP contribution < -0.4 is 10.2 Å². The molecule has 22 heavy (non-hydrogen) atoms. The largest absolute Gasteiger partial charge is 0.339 e. The van der Waals surface area contributed by atoms with Crippen molar-refractivity contribution in [3.05, 3.63) is 35.5 Å². The Bertz CT molecular complexity index is 635. The second kappa shape index (κ2) is 6.73. The SMILES string of the molecule is CCc1cccc(C)c1Nc1cnnc(N2CCCCC2)n1. The Hall–Kier alpha value is -2.17. The minimum absolute atomic E-state index is 0.733. The van der Waals surface area contributed by atoms with Crippen molar-refractivity contribution in [2.75, 3.05) is 23.3 Å². The molecule has 5 nitrogen and oxygen atoms in total. The number of benzene rings is 1. The summed E-state index contributed by atoms with van der Waals surface area (Å²) in [6.45, 7) is 6.32. The smallest absolute Gasteiger partial charge is 0.247 e. The van der Waals surface area contributed by atoms with E-state index in [1.165, 1.54) is 30.4 Å². The highest BCUT2D eigenvalue weighted by Gasteiger charge is 2.15. The van der Waals surface area contributed by atoms with E-state index in [2.05, 4.69) is 57.4 Å². The Kier molecular flexibility index (Phi) is 4.51. The van der Waals surface area contributed by atoms with Gasteiger partial charge in [0.25, 0.3) is 0 Å². The zero-order valence-electron chi connectivity index (χ0n) is 13.3. The van der Waals surface area contributed by atoms with Gasteiger partial charge in [-0.05, 0) is 43.7 Å². The van der Waals surface area contributed by atoms with Crippen molar-refractivity contribution in [1.82, 2.24) is 15.2 Å². The van der Waals surface area contributed by atoms with Crippen LogP contribution in [0.2, 0.25) is 0 Å². The van der Waals surface area contributed by atoms with E-state index in [-0.39, 0.29) is 0 Å². The Morgan fingerprint density at radius 1 is 1.18 bits per heavy atom. The highest BCUT2D eigenvalue weighted by atomic mass is 15.3. The number of piperidine rings is 1. The Labute approximate surface area is 131 Å². The molecular formula is C17H23N5. The molecule has 0 aliphatic carbocycles. The number of hydrogen-bond donors (Lipinski definition) is 1. The molecule has 1 N–H and O–H groups in total. The van der Waals surface area contributed by atoms with Crippen LogP contribution in [-0.4, -0.2) is 28.3 Å². The lowest BCUT2D eigenvalue weighted by molar-refractivity contribution is 0.565. The van der Waals surface area contributed by atoms with Crippen LogP contribution in [0, 0.1) is 6.92 Å². The number of hydrogen-bond acceptors (Lipinski definition) is 5. The van der Waals surface area contributed by atoms with Gasteiger partial charge in [0.15, 0.2) is 5.82 Å². The maximum Gasteiger partial charge on any atom is 0.247 e. The average molecular weight is 297 g/mol. The van der Waals surface area contributed by atoms with Crippen molar-refractivity contribution < 1.29 is 0 Å². The van der Waals surface area contributed by atoms with Gasteiger partial charge >= 0.3 is 0 Å². The third-order valence-electron chi connectivity index (χ3n) is 4.18. The Morgan fingerprint density at radius 3 is 2.77 bits per heavy atom. The minimum atomic E-state index is 0.733. The molecule has 1 aromatic heterocycles. The van der Waals surface area contributed by atoms with E-state index in [0.717, 1.165) is 37.0 Å². The number of aryl methyl sites for hydroxylation is 2. The van der Waals surface area contributed by atoms with Crippen LogP contribution in [-0.2, 0) is 6.42 Å². The van der Waals surface area contributed by atoms with Crippen molar-refractivity contribution >= 4 is 17.5 Å². The fraction of sp³-hybridized carbons (Fsp3) is 0.471. The lowest BCUT2D eigenvalue weighted by Gasteiger charge is -2.26. The zero-order valence-corrected chi connectivity index (χ0v) is 13.3. The van der Waals surface area contributed by atoms with E-state index < -0.39 is 0 Å². The lowest BCUT2D eigenvalue weighted by atomic mass is 10.1. The Morgan fingerprint density at radius 2 is 2.00 bits per heavy atom. The van der Waals surface area contributed by atoms with E-state index in [1.807, 2.05) is 0 Å². The summed E-state index contributed by atoms with van der Waals surface area (Å²) >= 11 is 0. The normalized spacial score (nSPS) is 14.9. The summed E-state index contributed by atoms with van der Waals surface area (Å²) in [7, 11) is 0. The van der Waals surface area contributed by atoms with Crippen molar-refractivity contribution in [2.24, 2.45) is 0 Å². The first kappa shape index (κ1) is 14.8. The summed E-state index contributed by atoms with van der Waals surface area (Å²) in [5.74, 6) is 1.50. The number of nitrogens with one attached hydrogen (secondary N) is 1. The third-order valence-corrected chi connectivity index (χ3v) is 4.18. The monoisotopic (exact) mass is 297 g/mol. The number of para-hydroxylation sites is 1. The van der Waals surface area contributed by atoms with E-state index in [0.29, 0.717) is 0 Å². The summed E-state index contributed by atoms with van der Waals surface area (Å²) in [6, 6.07) is 6.36. The summed E-state index contributed by atoms with van der Waals surface area (Å²) in [5, 5.41) is 11.7. The summed E-state index contributed by atoms with van der Waals surface area (Å²) in [5.41, 5.74) is 3.64. The molecular weight excluding hydrogens is 274 g/mol. The summed E-state index contributed by atoms with van der Waals surface area (Å²) in [4.78, 5) is 6.87. The van der Waals surface area contributed by atoms with Gasteiger partial charge in [0, 0.05) is 18.8 Å². The molecule has 5 heteroatoms. The predicted octanol–water partition coefficient (Wildman–Crippen LogP) is 3.48. The van der Waals surface area contributed by atoms with Crippen LogP contribution in [0.25, 0.3) is 0 Å². The van der Waals surface area contributed by atoms with Crippen LogP contribution >= 0.6 is 0 Å². The molecule has 1 aromatic carbocycles. The van der Waals surface area contributed by atoms with Crippen LogP contribution in [0.5, 0.6) is 0 Å². The molecule has 116 valence electrons. The third kappa shape index (κ3) is 3.18. The second-order valence-electron chi connectivity index (χ2n) is 5.78. The topological polar surface area (TPSA) is 53.9 Å². The average Bonchev–Trinajstić information content (AvgIpc) is 2.58. The number of anilines is 3. The molecule has 0 saturated carbocycles.